The van der Waals surface area contributed by atoms with Crippen LogP contribution in [0.25, 0.3) is 0 Å². The van der Waals surface area contributed by atoms with Gasteiger partial charge in [0.25, 0.3) is 0 Å². The van der Waals surface area contributed by atoms with Crippen LogP contribution in [0.3, 0.4) is 0 Å². The third-order valence-corrected chi connectivity index (χ3v) is 6.51. The number of hydrogen-bond acceptors (Lipinski definition) is 4. The van der Waals surface area contributed by atoms with Crippen molar-refractivity contribution in [2.45, 2.75) is 25.3 Å². The number of thiophene rings is 1. The molecule has 2 fully saturated rings. The van der Waals surface area contributed by atoms with Crippen LogP contribution in [0.2, 0.25) is 0 Å². The maximum Gasteiger partial charge on any atom is 0.227 e. The first-order chi connectivity index (χ1) is 9.07. The summed E-state index contributed by atoms with van der Waals surface area (Å²) >= 11 is 1.64. The van der Waals surface area contributed by atoms with E-state index in [0.717, 1.165) is 19.4 Å². The molecule has 2 aliphatic heterocycles. The van der Waals surface area contributed by atoms with E-state index in [1.54, 1.807) is 11.3 Å². The van der Waals surface area contributed by atoms with E-state index in [1.807, 2.05) is 10.3 Å². The second-order valence-corrected chi connectivity index (χ2v) is 8.36. The van der Waals surface area contributed by atoms with Gasteiger partial charge in [-0.1, -0.05) is 0 Å². The molecule has 0 radical (unpaired) electrons. The molecule has 2 saturated heterocycles. The van der Waals surface area contributed by atoms with Gasteiger partial charge in [0.15, 0.2) is 9.84 Å². The molecule has 0 saturated carbocycles. The number of likely N-dealkylation sites (tertiary alicyclic amines) is 1. The molecule has 0 unspecified atom stereocenters. The molecule has 1 aromatic rings. The summed E-state index contributed by atoms with van der Waals surface area (Å²) in [5, 5.41) is 4.11. The number of hydrogen-bond donors (Lipinski definition) is 0. The van der Waals surface area contributed by atoms with E-state index in [2.05, 4.69) is 11.4 Å². The lowest BCUT2D eigenvalue weighted by Crippen LogP contribution is -2.36. The van der Waals surface area contributed by atoms with Gasteiger partial charge in [0, 0.05) is 6.54 Å². The van der Waals surface area contributed by atoms with Crippen molar-refractivity contribution in [3.8, 4) is 0 Å². The molecule has 0 N–H and O–H groups in total. The van der Waals surface area contributed by atoms with E-state index in [9.17, 15) is 13.2 Å². The highest BCUT2D eigenvalue weighted by molar-refractivity contribution is 7.91. The van der Waals surface area contributed by atoms with E-state index in [4.69, 9.17) is 0 Å². The minimum absolute atomic E-state index is 0.0368. The van der Waals surface area contributed by atoms with Gasteiger partial charge in [0.05, 0.1) is 23.5 Å². The first kappa shape index (κ1) is 13.1. The number of rotatable bonds is 2. The van der Waals surface area contributed by atoms with Crippen LogP contribution in [0.5, 0.6) is 0 Å². The molecule has 1 aromatic heterocycles. The Kier molecular flexibility index (Phi) is 3.39. The van der Waals surface area contributed by atoms with Gasteiger partial charge in [0.1, 0.15) is 0 Å². The topological polar surface area (TPSA) is 54.5 Å². The Bertz CT molecular complexity index is 565. The van der Waals surface area contributed by atoms with Crippen LogP contribution in [0.15, 0.2) is 16.8 Å². The number of carbonyl (C=O) groups is 1. The van der Waals surface area contributed by atoms with Gasteiger partial charge in [-0.3, -0.25) is 4.79 Å². The van der Waals surface area contributed by atoms with Gasteiger partial charge in [-0.2, -0.15) is 11.3 Å². The molecule has 3 rings (SSSR count). The van der Waals surface area contributed by atoms with Crippen molar-refractivity contribution < 1.29 is 13.2 Å². The Morgan fingerprint density at radius 3 is 2.84 bits per heavy atom. The Morgan fingerprint density at radius 2 is 2.21 bits per heavy atom. The van der Waals surface area contributed by atoms with Crippen molar-refractivity contribution >= 4 is 27.1 Å². The van der Waals surface area contributed by atoms with Crippen molar-refractivity contribution in [1.29, 1.82) is 0 Å². The molecule has 1 amide bonds. The van der Waals surface area contributed by atoms with Crippen LogP contribution in [0, 0.1) is 5.92 Å². The summed E-state index contributed by atoms with van der Waals surface area (Å²) in [6.45, 7) is 0.760. The molecule has 104 valence electrons. The monoisotopic (exact) mass is 299 g/mol. The molecular formula is C13H17NO3S2. The van der Waals surface area contributed by atoms with Gasteiger partial charge in [-0.05, 0) is 41.7 Å². The van der Waals surface area contributed by atoms with Crippen molar-refractivity contribution in [3.63, 3.8) is 0 Å². The van der Waals surface area contributed by atoms with Crippen LogP contribution < -0.4 is 0 Å². The van der Waals surface area contributed by atoms with E-state index >= 15 is 0 Å². The van der Waals surface area contributed by atoms with E-state index in [0.29, 0.717) is 6.42 Å². The van der Waals surface area contributed by atoms with E-state index in [1.165, 1.54) is 5.56 Å². The Balaban J connectivity index is 1.76. The third kappa shape index (κ3) is 2.56. The summed E-state index contributed by atoms with van der Waals surface area (Å²) in [5.74, 6) is -0.0713. The largest absolute Gasteiger partial charge is 0.335 e. The smallest absolute Gasteiger partial charge is 0.227 e. The zero-order valence-electron chi connectivity index (χ0n) is 10.6. The first-order valence-corrected chi connectivity index (χ1v) is 9.36. The predicted molar refractivity (Wildman–Crippen MR) is 74.8 cm³/mol. The second-order valence-electron chi connectivity index (χ2n) is 5.35. The second kappa shape index (κ2) is 4.90. The third-order valence-electron chi connectivity index (χ3n) is 4.05. The molecule has 0 spiro atoms. The van der Waals surface area contributed by atoms with Gasteiger partial charge >= 0.3 is 0 Å². The Labute approximate surface area is 117 Å². The minimum atomic E-state index is -2.99. The summed E-state index contributed by atoms with van der Waals surface area (Å²) in [4.78, 5) is 14.4. The van der Waals surface area contributed by atoms with Crippen LogP contribution in [-0.4, -0.2) is 37.3 Å². The fourth-order valence-electron chi connectivity index (χ4n) is 3.07. The molecule has 4 nitrogen and oxygen atoms in total. The summed E-state index contributed by atoms with van der Waals surface area (Å²) in [6, 6.07) is 2.22. The van der Waals surface area contributed by atoms with Crippen molar-refractivity contribution in [2.75, 3.05) is 18.1 Å². The minimum Gasteiger partial charge on any atom is -0.335 e. The molecule has 2 atom stereocenters. The summed E-state index contributed by atoms with van der Waals surface area (Å²) in [5.41, 5.74) is 1.19. The zero-order chi connectivity index (χ0) is 13.5. The molecule has 0 aromatic carbocycles. The van der Waals surface area contributed by atoms with Crippen molar-refractivity contribution in [2.24, 2.45) is 5.92 Å². The van der Waals surface area contributed by atoms with Gasteiger partial charge in [-0.15, -0.1) is 0 Å². The SMILES string of the molecule is O=C([C@@H]1CCS(=O)(=O)C1)N1CCC[C@H]1c1ccsc1. The zero-order valence-corrected chi connectivity index (χ0v) is 12.3. The highest BCUT2D eigenvalue weighted by atomic mass is 32.2. The standard InChI is InChI=1S/C13H17NO3S2/c15-13(11-4-7-19(16,17)9-11)14-5-1-2-12(14)10-3-6-18-8-10/h3,6,8,11-12H,1-2,4-5,7,9H2/t11-,12+/m1/s1. The fourth-order valence-corrected chi connectivity index (χ4v) is 5.51. The summed E-state index contributed by atoms with van der Waals surface area (Å²) < 4.78 is 23.0. The Hall–Kier alpha value is -0.880. The maximum absolute atomic E-state index is 12.5. The molecule has 19 heavy (non-hydrogen) atoms. The van der Waals surface area contributed by atoms with Gasteiger partial charge in [0.2, 0.25) is 5.91 Å². The summed E-state index contributed by atoms with van der Waals surface area (Å²) in [7, 11) is -2.99. The lowest BCUT2D eigenvalue weighted by atomic mass is 10.0. The molecule has 3 heterocycles. The summed E-state index contributed by atoms with van der Waals surface area (Å²) in [6.07, 6.45) is 2.49. The number of carbonyl (C=O) groups excluding carboxylic acids is 1. The molecular weight excluding hydrogens is 282 g/mol. The highest BCUT2D eigenvalue weighted by Gasteiger charge is 2.39. The van der Waals surface area contributed by atoms with Crippen LogP contribution in [-0.2, 0) is 14.6 Å². The molecule has 2 aliphatic rings. The van der Waals surface area contributed by atoms with E-state index < -0.39 is 9.84 Å². The predicted octanol–water partition coefficient (Wildman–Crippen LogP) is 1.85. The van der Waals surface area contributed by atoms with Crippen LogP contribution in [0.1, 0.15) is 30.9 Å². The molecule has 6 heteroatoms. The quantitative estimate of drug-likeness (QED) is 0.837. The van der Waals surface area contributed by atoms with Crippen molar-refractivity contribution in [3.05, 3.63) is 22.4 Å². The number of amides is 1. The first-order valence-electron chi connectivity index (χ1n) is 6.60. The van der Waals surface area contributed by atoms with Gasteiger partial charge < -0.3 is 4.90 Å². The molecule has 0 aliphatic carbocycles. The highest BCUT2D eigenvalue weighted by Crippen LogP contribution is 2.35. The average molecular weight is 299 g/mol. The van der Waals surface area contributed by atoms with Crippen molar-refractivity contribution in [1.82, 2.24) is 4.90 Å². The fraction of sp³-hybridized carbons (Fsp3) is 0.615. The van der Waals surface area contributed by atoms with Crippen LogP contribution in [0.4, 0.5) is 0 Å². The average Bonchev–Trinajstić information content (AvgIpc) is 3.06. The Morgan fingerprint density at radius 1 is 1.37 bits per heavy atom. The number of sulfone groups is 1. The lowest BCUT2D eigenvalue weighted by Gasteiger charge is -2.26. The van der Waals surface area contributed by atoms with Gasteiger partial charge in [-0.25, -0.2) is 8.42 Å². The number of nitrogens with zero attached hydrogens (tertiary/aromatic N) is 1. The lowest BCUT2D eigenvalue weighted by molar-refractivity contribution is -0.135. The molecule has 0 bridgehead atoms. The van der Waals surface area contributed by atoms with Crippen LogP contribution >= 0.6 is 11.3 Å². The maximum atomic E-state index is 12.5. The normalized spacial score (nSPS) is 29.8. The van der Waals surface area contributed by atoms with E-state index in [-0.39, 0.29) is 29.4 Å².